The number of ether oxygens (including phenoxy) is 2. The Morgan fingerprint density at radius 2 is 1.55 bits per heavy atom. The molecule has 3 rings (SSSR count). The second-order valence-electron chi connectivity index (χ2n) is 7.49. The first-order valence-electron chi connectivity index (χ1n) is 10.5. The van der Waals surface area contributed by atoms with Crippen LogP contribution in [0.15, 0.2) is 6.33 Å². The summed E-state index contributed by atoms with van der Waals surface area (Å²) in [5.41, 5.74) is 6.97. The monoisotopic (exact) mass is 405 g/mol. The van der Waals surface area contributed by atoms with Crippen molar-refractivity contribution in [2.45, 2.75) is 39.5 Å². The molecule has 1 aromatic rings. The maximum atomic E-state index is 12.1. The molecule has 9 nitrogen and oxygen atoms in total. The number of hydrogen-bond acceptors (Lipinski definition) is 9. The summed E-state index contributed by atoms with van der Waals surface area (Å²) in [6, 6.07) is 0. The number of carbonyl (C=O) groups excluding carboxylic acids is 2. The van der Waals surface area contributed by atoms with Crippen molar-refractivity contribution < 1.29 is 19.1 Å². The highest BCUT2D eigenvalue weighted by Crippen LogP contribution is 2.34. The lowest BCUT2D eigenvalue weighted by Crippen LogP contribution is -2.41. The highest BCUT2D eigenvalue weighted by Gasteiger charge is 2.31. The van der Waals surface area contributed by atoms with Crippen molar-refractivity contribution in [3.05, 3.63) is 6.33 Å². The van der Waals surface area contributed by atoms with E-state index in [2.05, 4.69) is 19.8 Å². The fourth-order valence-corrected chi connectivity index (χ4v) is 4.09. The lowest BCUT2D eigenvalue weighted by atomic mass is 9.97. The Bertz CT molecular complexity index is 721. The van der Waals surface area contributed by atoms with E-state index in [-0.39, 0.29) is 23.8 Å². The normalized spacial score (nSPS) is 20.4. The van der Waals surface area contributed by atoms with E-state index in [4.69, 9.17) is 15.2 Å². The highest BCUT2D eigenvalue weighted by atomic mass is 16.5. The van der Waals surface area contributed by atoms with Crippen LogP contribution in [0.3, 0.4) is 0 Å². The Morgan fingerprint density at radius 1 is 0.966 bits per heavy atom. The van der Waals surface area contributed by atoms with Crippen LogP contribution < -0.4 is 15.5 Å². The van der Waals surface area contributed by atoms with Gasteiger partial charge in [-0.15, -0.1) is 0 Å². The molecule has 2 N–H and O–H groups in total. The summed E-state index contributed by atoms with van der Waals surface area (Å²) < 4.78 is 10.3. The number of piperidine rings is 2. The molecular weight excluding hydrogens is 374 g/mol. The average Bonchev–Trinajstić information content (AvgIpc) is 2.74. The molecule has 3 heterocycles. The van der Waals surface area contributed by atoms with Gasteiger partial charge in [0, 0.05) is 26.2 Å². The molecule has 0 amide bonds. The number of nitrogens with two attached hydrogens (primary N) is 1. The summed E-state index contributed by atoms with van der Waals surface area (Å²) in [5, 5.41) is 0. The van der Waals surface area contributed by atoms with Gasteiger partial charge in [-0.1, -0.05) is 0 Å². The molecule has 1 unspecified atom stereocenters. The van der Waals surface area contributed by atoms with Crippen LogP contribution in [0.4, 0.5) is 17.3 Å². The Labute approximate surface area is 171 Å². The van der Waals surface area contributed by atoms with E-state index in [9.17, 15) is 9.59 Å². The Hall–Kier alpha value is -2.58. The molecule has 2 fully saturated rings. The van der Waals surface area contributed by atoms with Gasteiger partial charge in [0.1, 0.15) is 12.0 Å². The molecule has 1 aromatic heterocycles. The molecule has 1 atom stereocenters. The largest absolute Gasteiger partial charge is 0.466 e. The molecular formula is C20H31N5O4. The number of aromatic nitrogens is 2. The van der Waals surface area contributed by atoms with E-state index >= 15 is 0 Å². The molecule has 2 saturated heterocycles. The predicted octanol–water partition coefficient (Wildman–Crippen LogP) is 1.62. The topological polar surface area (TPSA) is 111 Å². The molecule has 2 aliphatic heterocycles. The fourth-order valence-electron chi connectivity index (χ4n) is 4.09. The van der Waals surface area contributed by atoms with Gasteiger partial charge in [-0.3, -0.25) is 9.59 Å². The average molecular weight is 405 g/mol. The van der Waals surface area contributed by atoms with Crippen molar-refractivity contribution in [3.8, 4) is 0 Å². The molecule has 0 saturated carbocycles. The van der Waals surface area contributed by atoms with Crippen molar-refractivity contribution in [3.63, 3.8) is 0 Å². The third kappa shape index (κ3) is 4.89. The maximum absolute atomic E-state index is 12.1. The van der Waals surface area contributed by atoms with Crippen molar-refractivity contribution in [1.29, 1.82) is 0 Å². The van der Waals surface area contributed by atoms with Crippen molar-refractivity contribution in [2.75, 3.05) is 54.9 Å². The minimum Gasteiger partial charge on any atom is -0.466 e. The molecule has 2 aliphatic rings. The SMILES string of the molecule is CCOC(=O)C1CCN(c2ncnc(N3CCCC(C(=O)OCC)C3)c2N)CC1. The van der Waals surface area contributed by atoms with Gasteiger partial charge in [0.25, 0.3) is 0 Å². The van der Waals surface area contributed by atoms with E-state index in [1.807, 2.05) is 13.8 Å². The zero-order chi connectivity index (χ0) is 20.8. The standard InChI is InChI=1S/C20H31N5O4/c1-3-28-19(26)14-7-10-24(11-8-14)17-16(21)18(23-13-22-17)25-9-5-6-15(12-25)20(27)29-4-2/h13-15H,3-12,21H2,1-2H3. The predicted molar refractivity (Wildman–Crippen MR) is 110 cm³/mol. The minimum atomic E-state index is -0.165. The van der Waals surface area contributed by atoms with Crippen LogP contribution in [-0.4, -0.2) is 61.3 Å². The van der Waals surface area contributed by atoms with Crippen LogP contribution in [-0.2, 0) is 19.1 Å². The molecule has 0 bridgehead atoms. The van der Waals surface area contributed by atoms with Crippen molar-refractivity contribution >= 4 is 29.3 Å². The molecule has 0 aliphatic carbocycles. The first-order valence-corrected chi connectivity index (χ1v) is 10.5. The number of nitrogen functional groups attached to an aromatic ring is 1. The second kappa shape index (κ2) is 9.76. The number of nitrogens with zero attached hydrogens (tertiary/aromatic N) is 4. The van der Waals surface area contributed by atoms with Crippen LogP contribution in [0.5, 0.6) is 0 Å². The van der Waals surface area contributed by atoms with E-state index in [1.54, 1.807) is 0 Å². The Kier molecular flexibility index (Phi) is 7.11. The van der Waals surface area contributed by atoms with Crippen LogP contribution in [0, 0.1) is 11.8 Å². The van der Waals surface area contributed by atoms with Gasteiger partial charge < -0.3 is 25.0 Å². The van der Waals surface area contributed by atoms with E-state index in [0.717, 1.165) is 19.4 Å². The van der Waals surface area contributed by atoms with Crippen LogP contribution in [0.2, 0.25) is 0 Å². The van der Waals surface area contributed by atoms with Crippen LogP contribution >= 0.6 is 0 Å². The summed E-state index contributed by atoms with van der Waals surface area (Å²) >= 11 is 0. The maximum Gasteiger partial charge on any atom is 0.310 e. The molecule has 9 heteroatoms. The molecule has 0 radical (unpaired) electrons. The number of rotatable bonds is 6. The Morgan fingerprint density at radius 3 is 2.17 bits per heavy atom. The summed E-state index contributed by atoms with van der Waals surface area (Å²) in [4.78, 5) is 37.1. The van der Waals surface area contributed by atoms with Crippen LogP contribution in [0.25, 0.3) is 0 Å². The van der Waals surface area contributed by atoms with Gasteiger partial charge in [0.05, 0.1) is 25.0 Å². The second-order valence-corrected chi connectivity index (χ2v) is 7.49. The van der Waals surface area contributed by atoms with E-state index in [1.165, 1.54) is 6.33 Å². The smallest absolute Gasteiger partial charge is 0.310 e. The lowest BCUT2D eigenvalue weighted by Gasteiger charge is -2.35. The quantitative estimate of drug-likeness (QED) is 0.706. The fraction of sp³-hybridized carbons (Fsp3) is 0.700. The number of esters is 2. The molecule has 160 valence electrons. The van der Waals surface area contributed by atoms with Crippen LogP contribution in [0.1, 0.15) is 39.5 Å². The number of hydrogen-bond donors (Lipinski definition) is 1. The summed E-state index contributed by atoms with van der Waals surface area (Å²) in [5.74, 6) is 0.836. The van der Waals surface area contributed by atoms with Gasteiger partial charge in [0.2, 0.25) is 0 Å². The van der Waals surface area contributed by atoms with Gasteiger partial charge in [-0.05, 0) is 39.5 Å². The molecule has 0 spiro atoms. The van der Waals surface area contributed by atoms with Gasteiger partial charge >= 0.3 is 11.9 Å². The number of carbonyl (C=O) groups is 2. The summed E-state index contributed by atoms with van der Waals surface area (Å²) in [7, 11) is 0. The Balaban J connectivity index is 1.68. The van der Waals surface area contributed by atoms with Crippen molar-refractivity contribution in [2.24, 2.45) is 11.8 Å². The van der Waals surface area contributed by atoms with E-state index in [0.29, 0.717) is 63.0 Å². The lowest BCUT2D eigenvalue weighted by molar-refractivity contribution is -0.149. The van der Waals surface area contributed by atoms with Crippen molar-refractivity contribution in [1.82, 2.24) is 9.97 Å². The van der Waals surface area contributed by atoms with Gasteiger partial charge in [-0.25, -0.2) is 9.97 Å². The highest BCUT2D eigenvalue weighted by molar-refractivity contribution is 5.78. The zero-order valence-corrected chi connectivity index (χ0v) is 17.3. The third-order valence-corrected chi connectivity index (χ3v) is 5.60. The van der Waals surface area contributed by atoms with Gasteiger partial charge in [0.15, 0.2) is 11.6 Å². The summed E-state index contributed by atoms with van der Waals surface area (Å²) in [6.07, 6.45) is 4.65. The zero-order valence-electron chi connectivity index (χ0n) is 17.3. The minimum absolute atomic E-state index is 0.0684. The molecule has 0 aromatic carbocycles. The van der Waals surface area contributed by atoms with Gasteiger partial charge in [-0.2, -0.15) is 0 Å². The first-order chi connectivity index (χ1) is 14.0. The molecule has 29 heavy (non-hydrogen) atoms. The first kappa shape index (κ1) is 21.1. The number of anilines is 3. The van der Waals surface area contributed by atoms with E-state index < -0.39 is 0 Å². The third-order valence-electron chi connectivity index (χ3n) is 5.60. The summed E-state index contributed by atoms with van der Waals surface area (Å²) in [6.45, 7) is 7.15.